The first kappa shape index (κ1) is 13.7. The molecule has 0 aromatic heterocycles. The Morgan fingerprint density at radius 1 is 1.35 bits per heavy atom. The molecular weight excluding hydrogens is 213 g/mol. The second kappa shape index (κ2) is 7.86. The second-order valence-corrected chi connectivity index (χ2v) is 4.22. The van der Waals surface area contributed by atoms with Crippen LogP contribution < -0.4 is 5.32 Å². The minimum Gasteiger partial charge on any atom is -0.314 e. The Hall–Kier alpha value is -1.33. The van der Waals surface area contributed by atoms with Crippen molar-refractivity contribution >= 4 is 0 Å². The van der Waals surface area contributed by atoms with E-state index in [9.17, 15) is 4.39 Å². The summed E-state index contributed by atoms with van der Waals surface area (Å²) >= 11 is 0. The Morgan fingerprint density at radius 2 is 2.06 bits per heavy atom. The molecule has 92 valence electrons. The van der Waals surface area contributed by atoms with Gasteiger partial charge in [-0.15, -0.1) is 12.3 Å². The van der Waals surface area contributed by atoms with Crippen LogP contribution in [0.15, 0.2) is 24.3 Å². The maximum absolute atomic E-state index is 12.8. The van der Waals surface area contributed by atoms with Gasteiger partial charge >= 0.3 is 0 Å². The van der Waals surface area contributed by atoms with Crippen LogP contribution in [0.4, 0.5) is 4.39 Å². The average Bonchev–Trinajstić information content (AvgIpc) is 2.35. The molecule has 0 aliphatic heterocycles. The van der Waals surface area contributed by atoms with Gasteiger partial charge in [-0.1, -0.05) is 19.1 Å². The van der Waals surface area contributed by atoms with Gasteiger partial charge in [0.15, 0.2) is 0 Å². The van der Waals surface area contributed by atoms with E-state index in [4.69, 9.17) is 6.42 Å². The number of nitrogens with one attached hydrogen (secondary N) is 1. The molecule has 0 spiro atoms. The molecule has 1 nitrogen and oxygen atoms in total. The van der Waals surface area contributed by atoms with Crippen LogP contribution in [0.3, 0.4) is 0 Å². The highest BCUT2D eigenvalue weighted by molar-refractivity contribution is 5.17. The molecule has 17 heavy (non-hydrogen) atoms. The van der Waals surface area contributed by atoms with Crippen LogP contribution >= 0.6 is 0 Å². The summed E-state index contributed by atoms with van der Waals surface area (Å²) in [5, 5.41) is 3.48. The van der Waals surface area contributed by atoms with Crippen molar-refractivity contribution in [3.8, 4) is 12.3 Å². The monoisotopic (exact) mass is 233 g/mol. The molecule has 0 amide bonds. The zero-order valence-corrected chi connectivity index (χ0v) is 10.4. The Labute approximate surface area is 103 Å². The van der Waals surface area contributed by atoms with Gasteiger partial charge in [0.2, 0.25) is 0 Å². The summed E-state index contributed by atoms with van der Waals surface area (Å²) in [6, 6.07) is 7.08. The Kier molecular flexibility index (Phi) is 6.35. The predicted octanol–water partition coefficient (Wildman–Crippen LogP) is 3.15. The summed E-state index contributed by atoms with van der Waals surface area (Å²) in [6.07, 6.45) is 9.05. The van der Waals surface area contributed by atoms with Crippen LogP contribution in [0.2, 0.25) is 0 Å². The number of hydrogen-bond donors (Lipinski definition) is 1. The minimum atomic E-state index is -0.185. The summed E-state index contributed by atoms with van der Waals surface area (Å²) in [7, 11) is 0. The van der Waals surface area contributed by atoms with Crippen LogP contribution in [0.5, 0.6) is 0 Å². The predicted molar refractivity (Wildman–Crippen MR) is 70.3 cm³/mol. The van der Waals surface area contributed by atoms with Gasteiger partial charge in [0.05, 0.1) is 0 Å². The third-order valence-electron chi connectivity index (χ3n) is 2.72. The first-order chi connectivity index (χ1) is 8.26. The lowest BCUT2D eigenvalue weighted by Gasteiger charge is -2.17. The lowest BCUT2D eigenvalue weighted by molar-refractivity contribution is 0.483. The van der Waals surface area contributed by atoms with E-state index < -0.39 is 0 Å². The molecule has 2 heteroatoms. The molecule has 0 fully saturated rings. The van der Waals surface area contributed by atoms with Gasteiger partial charge in [-0.2, -0.15) is 0 Å². The van der Waals surface area contributed by atoms with E-state index in [0.29, 0.717) is 6.04 Å². The molecule has 0 bridgehead atoms. The highest BCUT2D eigenvalue weighted by atomic mass is 19.1. The lowest BCUT2D eigenvalue weighted by atomic mass is 10.0. The quantitative estimate of drug-likeness (QED) is 0.713. The molecule has 0 aliphatic carbocycles. The van der Waals surface area contributed by atoms with E-state index in [0.717, 1.165) is 37.8 Å². The molecule has 1 atom stereocenters. The van der Waals surface area contributed by atoms with Crippen LogP contribution in [0, 0.1) is 18.2 Å². The van der Waals surface area contributed by atoms with Crippen molar-refractivity contribution < 1.29 is 4.39 Å². The van der Waals surface area contributed by atoms with Crippen LogP contribution in [-0.2, 0) is 6.42 Å². The second-order valence-electron chi connectivity index (χ2n) is 4.22. The fourth-order valence-corrected chi connectivity index (χ4v) is 1.79. The molecular formula is C15H20FN. The van der Waals surface area contributed by atoms with E-state index >= 15 is 0 Å². The largest absolute Gasteiger partial charge is 0.314 e. The Bertz CT molecular complexity index is 350. The van der Waals surface area contributed by atoms with Gasteiger partial charge in [0.25, 0.3) is 0 Å². The molecule has 1 unspecified atom stereocenters. The highest BCUT2D eigenvalue weighted by Crippen LogP contribution is 2.09. The fourth-order valence-electron chi connectivity index (χ4n) is 1.79. The molecule has 0 radical (unpaired) electrons. The standard InChI is InChI=1S/C15H20FN/c1-3-5-6-15(17-11-4-2)12-13-7-9-14(16)10-8-13/h1,7-10,15,17H,4-6,11-12H2,2H3. The normalized spacial score (nSPS) is 12.1. The molecule has 1 aromatic rings. The van der Waals surface area contributed by atoms with Crippen molar-refractivity contribution in [1.29, 1.82) is 0 Å². The summed E-state index contributed by atoms with van der Waals surface area (Å²) in [5.74, 6) is 2.48. The van der Waals surface area contributed by atoms with Gasteiger partial charge in [-0.25, -0.2) is 4.39 Å². The van der Waals surface area contributed by atoms with Crippen molar-refractivity contribution in [2.45, 2.75) is 38.6 Å². The number of terminal acetylenes is 1. The van der Waals surface area contributed by atoms with E-state index in [1.54, 1.807) is 0 Å². The molecule has 1 rings (SSSR count). The number of benzene rings is 1. The first-order valence-corrected chi connectivity index (χ1v) is 6.17. The van der Waals surface area contributed by atoms with Crippen molar-refractivity contribution in [1.82, 2.24) is 5.32 Å². The number of hydrogen-bond acceptors (Lipinski definition) is 1. The van der Waals surface area contributed by atoms with E-state index in [1.165, 1.54) is 12.1 Å². The van der Waals surface area contributed by atoms with E-state index in [2.05, 4.69) is 18.2 Å². The van der Waals surface area contributed by atoms with Crippen LogP contribution in [0.1, 0.15) is 31.7 Å². The van der Waals surface area contributed by atoms with Crippen molar-refractivity contribution in [2.24, 2.45) is 0 Å². The van der Waals surface area contributed by atoms with E-state index in [1.807, 2.05) is 12.1 Å². The summed E-state index contributed by atoms with van der Waals surface area (Å²) in [6.45, 7) is 3.14. The number of rotatable bonds is 7. The molecule has 1 N–H and O–H groups in total. The maximum Gasteiger partial charge on any atom is 0.123 e. The van der Waals surface area contributed by atoms with Crippen molar-refractivity contribution in [3.63, 3.8) is 0 Å². The smallest absolute Gasteiger partial charge is 0.123 e. The molecule has 0 aliphatic rings. The molecule has 1 aromatic carbocycles. The third-order valence-corrected chi connectivity index (χ3v) is 2.72. The van der Waals surface area contributed by atoms with E-state index in [-0.39, 0.29) is 5.82 Å². The third kappa shape index (κ3) is 5.51. The van der Waals surface area contributed by atoms with Gasteiger partial charge in [0, 0.05) is 12.5 Å². The SMILES string of the molecule is C#CCCC(Cc1ccc(F)cc1)NCCC. The van der Waals surface area contributed by atoms with Crippen LogP contribution in [0.25, 0.3) is 0 Å². The minimum absolute atomic E-state index is 0.185. The zero-order chi connectivity index (χ0) is 12.5. The van der Waals surface area contributed by atoms with Crippen LogP contribution in [-0.4, -0.2) is 12.6 Å². The summed E-state index contributed by atoms with van der Waals surface area (Å²) < 4.78 is 12.8. The van der Waals surface area contributed by atoms with Gasteiger partial charge in [-0.05, 0) is 43.5 Å². The molecule has 0 saturated heterocycles. The fraction of sp³-hybridized carbons (Fsp3) is 0.467. The Morgan fingerprint density at radius 3 is 2.65 bits per heavy atom. The first-order valence-electron chi connectivity index (χ1n) is 6.17. The van der Waals surface area contributed by atoms with Gasteiger partial charge < -0.3 is 5.32 Å². The van der Waals surface area contributed by atoms with Gasteiger partial charge in [-0.3, -0.25) is 0 Å². The lowest BCUT2D eigenvalue weighted by Crippen LogP contribution is -2.31. The topological polar surface area (TPSA) is 12.0 Å². The maximum atomic E-state index is 12.8. The van der Waals surface area contributed by atoms with Crippen molar-refractivity contribution in [2.75, 3.05) is 6.54 Å². The zero-order valence-electron chi connectivity index (χ0n) is 10.4. The highest BCUT2D eigenvalue weighted by Gasteiger charge is 2.08. The van der Waals surface area contributed by atoms with Gasteiger partial charge in [0.1, 0.15) is 5.82 Å². The molecule has 0 saturated carbocycles. The average molecular weight is 233 g/mol. The number of halogens is 1. The van der Waals surface area contributed by atoms with Crippen molar-refractivity contribution in [3.05, 3.63) is 35.6 Å². The summed E-state index contributed by atoms with van der Waals surface area (Å²) in [5.41, 5.74) is 1.15. The Balaban J connectivity index is 2.52. The molecule has 0 heterocycles. The summed E-state index contributed by atoms with van der Waals surface area (Å²) in [4.78, 5) is 0.